The van der Waals surface area contributed by atoms with Crippen molar-refractivity contribution < 1.29 is 0 Å². The topological polar surface area (TPSA) is 0 Å². The summed E-state index contributed by atoms with van der Waals surface area (Å²) in [6.45, 7) is 6.80. The second-order valence-electron chi connectivity index (χ2n) is 4.01. The average Bonchev–Trinajstić information content (AvgIpc) is 2.05. The first-order valence-electron chi connectivity index (χ1n) is 5.16. The maximum Gasteiger partial charge on any atom is -0.0128 e. The molecule has 0 saturated heterocycles. The van der Waals surface area contributed by atoms with Crippen molar-refractivity contribution in [2.75, 3.05) is 0 Å². The lowest BCUT2D eigenvalue weighted by atomic mass is 9.95. The Kier molecular flexibility index (Phi) is 7.78. The summed E-state index contributed by atoms with van der Waals surface area (Å²) < 4.78 is 0. The molecule has 0 unspecified atom stereocenters. The minimum absolute atomic E-state index is 0.697. The maximum absolute atomic E-state index is 5.01. The number of hydrogen-bond acceptors (Lipinski definition) is 1. The first-order chi connectivity index (χ1) is 5.70. The van der Waals surface area contributed by atoms with Gasteiger partial charge in [0.25, 0.3) is 0 Å². The molecule has 0 aliphatic rings. The number of rotatable bonds is 7. The first-order valence-corrected chi connectivity index (χ1v) is 5.63. The Morgan fingerprint density at radius 1 is 1.17 bits per heavy atom. The highest BCUT2D eigenvalue weighted by atomic mass is 32.1. The van der Waals surface area contributed by atoms with E-state index in [-0.39, 0.29) is 0 Å². The van der Waals surface area contributed by atoms with Crippen LogP contribution in [0.15, 0.2) is 0 Å². The molecule has 0 aromatic heterocycles. The van der Waals surface area contributed by atoms with E-state index in [1.165, 1.54) is 32.1 Å². The van der Waals surface area contributed by atoms with Gasteiger partial charge >= 0.3 is 0 Å². The molecule has 72 valence electrons. The quantitative estimate of drug-likeness (QED) is 0.536. The molecule has 0 aromatic rings. The molecule has 0 radical (unpaired) electrons. The van der Waals surface area contributed by atoms with E-state index in [0.717, 1.165) is 5.92 Å². The molecule has 12 heavy (non-hydrogen) atoms. The SMILES string of the molecule is CCCC[C@H](C=S)CCC(C)C. The van der Waals surface area contributed by atoms with Gasteiger partial charge in [0.05, 0.1) is 0 Å². The van der Waals surface area contributed by atoms with Crippen LogP contribution in [-0.4, -0.2) is 5.37 Å². The Balaban J connectivity index is 3.46. The van der Waals surface area contributed by atoms with Crippen molar-refractivity contribution in [1.82, 2.24) is 0 Å². The highest BCUT2D eigenvalue weighted by molar-refractivity contribution is 7.79. The van der Waals surface area contributed by atoms with Gasteiger partial charge in [0.1, 0.15) is 0 Å². The summed E-state index contributed by atoms with van der Waals surface area (Å²) in [7, 11) is 0. The zero-order valence-corrected chi connectivity index (χ0v) is 9.49. The molecule has 0 rings (SSSR count). The van der Waals surface area contributed by atoms with Crippen LogP contribution in [0.1, 0.15) is 52.9 Å². The Morgan fingerprint density at radius 3 is 2.25 bits per heavy atom. The van der Waals surface area contributed by atoms with E-state index in [0.29, 0.717) is 5.92 Å². The summed E-state index contributed by atoms with van der Waals surface area (Å²) in [5, 5.41) is 1.97. The molecule has 1 atom stereocenters. The lowest BCUT2D eigenvalue weighted by Gasteiger charge is -2.11. The number of unbranched alkanes of at least 4 members (excludes halogenated alkanes) is 1. The lowest BCUT2D eigenvalue weighted by Crippen LogP contribution is -2.02. The van der Waals surface area contributed by atoms with Gasteiger partial charge in [-0.3, -0.25) is 0 Å². The van der Waals surface area contributed by atoms with Crippen LogP contribution in [0.3, 0.4) is 0 Å². The fourth-order valence-electron chi connectivity index (χ4n) is 1.29. The van der Waals surface area contributed by atoms with E-state index in [1.54, 1.807) is 0 Å². The molecule has 0 spiro atoms. The van der Waals surface area contributed by atoms with Gasteiger partial charge in [-0.25, -0.2) is 0 Å². The van der Waals surface area contributed by atoms with E-state index in [1.807, 2.05) is 5.37 Å². The van der Waals surface area contributed by atoms with E-state index in [9.17, 15) is 0 Å². The van der Waals surface area contributed by atoms with Crippen LogP contribution < -0.4 is 0 Å². The molecule has 0 heterocycles. The van der Waals surface area contributed by atoms with Gasteiger partial charge in [0.15, 0.2) is 0 Å². The van der Waals surface area contributed by atoms with Crippen LogP contribution in [0.25, 0.3) is 0 Å². The minimum atomic E-state index is 0.697. The zero-order chi connectivity index (χ0) is 9.40. The van der Waals surface area contributed by atoms with Crippen molar-refractivity contribution in [3.8, 4) is 0 Å². The van der Waals surface area contributed by atoms with E-state index in [2.05, 4.69) is 20.8 Å². The third kappa shape index (κ3) is 6.78. The Morgan fingerprint density at radius 2 is 1.83 bits per heavy atom. The molecule has 0 aromatic carbocycles. The van der Waals surface area contributed by atoms with E-state index >= 15 is 0 Å². The molecular formula is C11H22S. The van der Waals surface area contributed by atoms with Gasteiger partial charge in [0.2, 0.25) is 0 Å². The fraction of sp³-hybridized carbons (Fsp3) is 0.909. The van der Waals surface area contributed by atoms with Crippen molar-refractivity contribution in [3.63, 3.8) is 0 Å². The van der Waals surface area contributed by atoms with Gasteiger partial charge in [-0.05, 0) is 30.0 Å². The number of hydrogen-bond donors (Lipinski definition) is 0. The van der Waals surface area contributed by atoms with Crippen molar-refractivity contribution in [1.29, 1.82) is 0 Å². The minimum Gasteiger partial charge on any atom is -0.0932 e. The Hall–Kier alpha value is 0.0900. The highest BCUT2D eigenvalue weighted by Gasteiger charge is 2.05. The van der Waals surface area contributed by atoms with Crippen molar-refractivity contribution in [3.05, 3.63) is 0 Å². The Bertz CT molecular complexity index is 108. The third-order valence-electron chi connectivity index (χ3n) is 2.24. The van der Waals surface area contributed by atoms with Gasteiger partial charge < -0.3 is 0 Å². The summed E-state index contributed by atoms with van der Waals surface area (Å²) in [5.74, 6) is 1.52. The molecule has 0 aliphatic carbocycles. The van der Waals surface area contributed by atoms with Crippen LogP contribution in [0.2, 0.25) is 0 Å². The van der Waals surface area contributed by atoms with Crippen LogP contribution in [0.5, 0.6) is 0 Å². The van der Waals surface area contributed by atoms with E-state index < -0.39 is 0 Å². The standard InChI is InChI=1S/C11H22S/c1-4-5-6-11(9-12)8-7-10(2)3/h9-11H,4-8H2,1-3H3/t11-/m0/s1. The maximum atomic E-state index is 5.01. The zero-order valence-electron chi connectivity index (χ0n) is 8.68. The van der Waals surface area contributed by atoms with Crippen molar-refractivity contribution >= 4 is 17.6 Å². The third-order valence-corrected chi connectivity index (χ3v) is 2.62. The van der Waals surface area contributed by atoms with Crippen molar-refractivity contribution in [2.45, 2.75) is 52.9 Å². The number of thiocarbonyl (C=S) groups is 1. The normalized spacial score (nSPS) is 13.3. The summed E-state index contributed by atoms with van der Waals surface area (Å²) in [4.78, 5) is 0. The summed E-state index contributed by atoms with van der Waals surface area (Å²) >= 11 is 5.01. The Labute approximate surface area is 82.7 Å². The second-order valence-corrected chi connectivity index (χ2v) is 4.28. The first kappa shape index (κ1) is 12.1. The predicted octanol–water partition coefficient (Wildman–Crippen LogP) is 4.23. The summed E-state index contributed by atoms with van der Waals surface area (Å²) in [5.41, 5.74) is 0. The van der Waals surface area contributed by atoms with E-state index in [4.69, 9.17) is 12.2 Å². The van der Waals surface area contributed by atoms with Crippen LogP contribution in [-0.2, 0) is 0 Å². The van der Waals surface area contributed by atoms with Crippen LogP contribution in [0.4, 0.5) is 0 Å². The lowest BCUT2D eigenvalue weighted by molar-refractivity contribution is 0.475. The molecule has 0 N–H and O–H groups in total. The molecule has 0 nitrogen and oxygen atoms in total. The van der Waals surface area contributed by atoms with Gasteiger partial charge in [-0.2, -0.15) is 0 Å². The van der Waals surface area contributed by atoms with Crippen LogP contribution >= 0.6 is 12.2 Å². The molecule has 0 aliphatic heterocycles. The van der Waals surface area contributed by atoms with Crippen LogP contribution in [0, 0.1) is 11.8 Å². The van der Waals surface area contributed by atoms with Gasteiger partial charge in [0, 0.05) is 0 Å². The van der Waals surface area contributed by atoms with Crippen molar-refractivity contribution in [2.24, 2.45) is 11.8 Å². The molecule has 1 heteroatoms. The van der Waals surface area contributed by atoms with Gasteiger partial charge in [-0.1, -0.05) is 52.3 Å². The second kappa shape index (κ2) is 7.72. The molecule has 0 fully saturated rings. The monoisotopic (exact) mass is 186 g/mol. The average molecular weight is 186 g/mol. The highest BCUT2D eigenvalue weighted by Crippen LogP contribution is 2.16. The fourth-order valence-corrected chi connectivity index (χ4v) is 1.57. The molecule has 0 saturated carbocycles. The molecular weight excluding hydrogens is 164 g/mol. The summed E-state index contributed by atoms with van der Waals surface area (Å²) in [6, 6.07) is 0. The van der Waals surface area contributed by atoms with Gasteiger partial charge in [-0.15, -0.1) is 0 Å². The summed E-state index contributed by atoms with van der Waals surface area (Å²) in [6.07, 6.45) is 6.53. The molecule has 0 bridgehead atoms. The predicted molar refractivity (Wildman–Crippen MR) is 60.7 cm³/mol. The smallest absolute Gasteiger partial charge is 0.0128 e. The molecule has 0 amide bonds. The largest absolute Gasteiger partial charge is 0.0932 e.